The van der Waals surface area contributed by atoms with Gasteiger partial charge in [0.15, 0.2) is 0 Å². The fourth-order valence-electron chi connectivity index (χ4n) is 2.16. The zero-order chi connectivity index (χ0) is 10.1. The van der Waals surface area contributed by atoms with Crippen LogP contribution in [0.4, 0.5) is 0 Å². The molecule has 0 amide bonds. The highest BCUT2D eigenvalue weighted by Crippen LogP contribution is 2.37. The van der Waals surface area contributed by atoms with Gasteiger partial charge in [-0.1, -0.05) is 13.8 Å². The van der Waals surface area contributed by atoms with Crippen LogP contribution in [0.1, 0.15) is 27.2 Å². The van der Waals surface area contributed by atoms with Crippen LogP contribution in [0.5, 0.6) is 0 Å². The zero-order valence-corrected chi connectivity index (χ0v) is 8.79. The van der Waals surface area contributed by atoms with Gasteiger partial charge in [0.1, 0.15) is 0 Å². The topological polar surface area (TPSA) is 55.5 Å². The Morgan fingerprint density at radius 1 is 1.62 bits per heavy atom. The minimum atomic E-state index is -0.705. The van der Waals surface area contributed by atoms with E-state index >= 15 is 0 Å². The van der Waals surface area contributed by atoms with E-state index < -0.39 is 5.60 Å². The third-order valence-electron chi connectivity index (χ3n) is 3.55. The van der Waals surface area contributed by atoms with Gasteiger partial charge in [0.25, 0.3) is 0 Å². The van der Waals surface area contributed by atoms with Gasteiger partial charge >= 0.3 is 0 Å². The van der Waals surface area contributed by atoms with Crippen molar-refractivity contribution in [3.63, 3.8) is 0 Å². The van der Waals surface area contributed by atoms with E-state index in [-0.39, 0.29) is 17.9 Å². The first-order valence-corrected chi connectivity index (χ1v) is 5.10. The maximum Gasteiger partial charge on any atom is 0.0969 e. The number of hydrogen-bond donors (Lipinski definition) is 2. The summed E-state index contributed by atoms with van der Waals surface area (Å²) in [6.45, 7) is 7.07. The third-order valence-corrected chi connectivity index (χ3v) is 3.55. The second-order valence-corrected chi connectivity index (χ2v) is 4.14. The van der Waals surface area contributed by atoms with Crippen LogP contribution in [-0.4, -0.2) is 30.0 Å². The van der Waals surface area contributed by atoms with E-state index in [1.165, 1.54) is 0 Å². The Morgan fingerprint density at radius 2 is 2.23 bits per heavy atom. The van der Waals surface area contributed by atoms with Crippen molar-refractivity contribution in [3.05, 3.63) is 0 Å². The van der Waals surface area contributed by atoms with Gasteiger partial charge < -0.3 is 15.6 Å². The second-order valence-electron chi connectivity index (χ2n) is 4.14. The summed E-state index contributed by atoms with van der Waals surface area (Å²) in [6, 6.07) is 0. The average Bonchev–Trinajstić information content (AvgIpc) is 2.37. The molecule has 1 rings (SSSR count). The van der Waals surface area contributed by atoms with E-state index in [0.29, 0.717) is 13.2 Å². The molecule has 1 saturated heterocycles. The van der Waals surface area contributed by atoms with E-state index in [1.807, 2.05) is 13.8 Å². The molecule has 3 nitrogen and oxygen atoms in total. The van der Waals surface area contributed by atoms with Crippen molar-refractivity contribution in [2.75, 3.05) is 13.2 Å². The molecular formula is C10H21NO2. The van der Waals surface area contributed by atoms with Gasteiger partial charge in [-0.25, -0.2) is 0 Å². The molecule has 0 radical (unpaired) electrons. The van der Waals surface area contributed by atoms with Crippen LogP contribution in [0.3, 0.4) is 0 Å². The summed E-state index contributed by atoms with van der Waals surface area (Å²) >= 11 is 0. The van der Waals surface area contributed by atoms with Crippen LogP contribution >= 0.6 is 0 Å². The van der Waals surface area contributed by atoms with Crippen molar-refractivity contribution < 1.29 is 9.84 Å². The predicted molar refractivity (Wildman–Crippen MR) is 52.4 cm³/mol. The third kappa shape index (κ3) is 1.73. The first-order valence-electron chi connectivity index (χ1n) is 5.10. The normalized spacial score (nSPS) is 42.2. The molecule has 3 heteroatoms. The summed E-state index contributed by atoms with van der Waals surface area (Å²) in [7, 11) is 0. The number of nitrogens with two attached hydrogens (primary N) is 1. The molecule has 0 aromatic heterocycles. The summed E-state index contributed by atoms with van der Waals surface area (Å²) in [5.74, 6) is 0.341. The first-order chi connectivity index (χ1) is 6.06. The lowest BCUT2D eigenvalue weighted by Gasteiger charge is -2.34. The number of rotatable bonds is 3. The SMILES string of the molecule is CCC(CN)C1(O)COC(C)C1C. The van der Waals surface area contributed by atoms with Gasteiger partial charge in [-0.3, -0.25) is 0 Å². The van der Waals surface area contributed by atoms with Gasteiger partial charge in [0.2, 0.25) is 0 Å². The summed E-state index contributed by atoms with van der Waals surface area (Å²) in [5.41, 5.74) is 4.93. The number of ether oxygens (including phenoxy) is 1. The molecule has 0 aliphatic carbocycles. The molecule has 1 fully saturated rings. The summed E-state index contributed by atoms with van der Waals surface area (Å²) in [5, 5.41) is 10.4. The Morgan fingerprint density at radius 3 is 2.54 bits per heavy atom. The van der Waals surface area contributed by atoms with E-state index in [0.717, 1.165) is 6.42 Å². The molecule has 0 saturated carbocycles. The maximum atomic E-state index is 10.4. The van der Waals surface area contributed by atoms with Gasteiger partial charge in [-0.05, 0) is 19.9 Å². The minimum absolute atomic E-state index is 0.144. The largest absolute Gasteiger partial charge is 0.387 e. The van der Waals surface area contributed by atoms with E-state index in [9.17, 15) is 5.11 Å². The Balaban J connectivity index is 2.74. The molecule has 0 spiro atoms. The minimum Gasteiger partial charge on any atom is -0.387 e. The van der Waals surface area contributed by atoms with Crippen LogP contribution in [0, 0.1) is 11.8 Å². The smallest absolute Gasteiger partial charge is 0.0969 e. The van der Waals surface area contributed by atoms with E-state index in [4.69, 9.17) is 10.5 Å². The van der Waals surface area contributed by atoms with E-state index in [2.05, 4.69) is 6.92 Å². The molecule has 4 atom stereocenters. The fraction of sp³-hybridized carbons (Fsp3) is 1.00. The van der Waals surface area contributed by atoms with Crippen molar-refractivity contribution in [3.8, 4) is 0 Å². The van der Waals surface area contributed by atoms with Crippen LogP contribution in [0.2, 0.25) is 0 Å². The lowest BCUT2D eigenvalue weighted by molar-refractivity contribution is -0.0456. The monoisotopic (exact) mass is 187 g/mol. The molecule has 3 N–H and O–H groups in total. The quantitative estimate of drug-likeness (QED) is 0.685. The Labute approximate surface area is 80.3 Å². The molecule has 1 heterocycles. The number of aliphatic hydroxyl groups is 1. The highest BCUT2D eigenvalue weighted by atomic mass is 16.5. The van der Waals surface area contributed by atoms with Crippen molar-refractivity contribution in [2.24, 2.45) is 17.6 Å². The highest BCUT2D eigenvalue weighted by Gasteiger charge is 2.48. The molecule has 0 aromatic rings. The maximum absolute atomic E-state index is 10.4. The second kappa shape index (κ2) is 3.95. The Hall–Kier alpha value is -0.120. The predicted octanol–water partition coefficient (Wildman–Crippen LogP) is 0.757. The Kier molecular flexibility index (Phi) is 3.33. The van der Waals surface area contributed by atoms with Gasteiger partial charge in [-0.15, -0.1) is 0 Å². The molecular weight excluding hydrogens is 166 g/mol. The molecule has 13 heavy (non-hydrogen) atoms. The molecule has 1 aliphatic rings. The highest BCUT2D eigenvalue weighted by molar-refractivity contribution is 4.97. The zero-order valence-electron chi connectivity index (χ0n) is 8.79. The van der Waals surface area contributed by atoms with Crippen molar-refractivity contribution in [1.82, 2.24) is 0 Å². The summed E-state index contributed by atoms with van der Waals surface area (Å²) in [4.78, 5) is 0. The van der Waals surface area contributed by atoms with Crippen LogP contribution in [0.25, 0.3) is 0 Å². The van der Waals surface area contributed by atoms with Crippen molar-refractivity contribution >= 4 is 0 Å². The molecule has 1 aliphatic heterocycles. The molecule has 0 aromatic carbocycles. The molecule has 78 valence electrons. The van der Waals surface area contributed by atoms with Crippen LogP contribution < -0.4 is 5.73 Å². The molecule has 0 bridgehead atoms. The average molecular weight is 187 g/mol. The number of hydrogen-bond acceptors (Lipinski definition) is 3. The van der Waals surface area contributed by atoms with Gasteiger partial charge in [0, 0.05) is 11.8 Å². The fourth-order valence-corrected chi connectivity index (χ4v) is 2.16. The Bertz CT molecular complexity index is 170. The van der Waals surface area contributed by atoms with Crippen LogP contribution in [-0.2, 0) is 4.74 Å². The summed E-state index contributed by atoms with van der Waals surface area (Å²) in [6.07, 6.45) is 1.05. The first kappa shape index (κ1) is 11.0. The van der Waals surface area contributed by atoms with Crippen molar-refractivity contribution in [1.29, 1.82) is 0 Å². The molecule has 4 unspecified atom stereocenters. The summed E-state index contributed by atoms with van der Waals surface area (Å²) < 4.78 is 5.46. The van der Waals surface area contributed by atoms with Crippen LogP contribution in [0.15, 0.2) is 0 Å². The lowest BCUT2D eigenvalue weighted by Crippen LogP contribution is -2.47. The van der Waals surface area contributed by atoms with E-state index in [1.54, 1.807) is 0 Å². The van der Waals surface area contributed by atoms with Crippen molar-refractivity contribution in [2.45, 2.75) is 38.9 Å². The van der Waals surface area contributed by atoms with Gasteiger partial charge in [0.05, 0.1) is 18.3 Å². The van der Waals surface area contributed by atoms with Gasteiger partial charge in [-0.2, -0.15) is 0 Å². The lowest BCUT2D eigenvalue weighted by atomic mass is 9.77. The standard InChI is InChI=1S/C10H21NO2/c1-4-9(5-11)10(12)6-13-8(3)7(10)2/h7-9,12H,4-6,11H2,1-3H3.